The maximum Gasteiger partial charge on any atom is 0.196 e. The van der Waals surface area contributed by atoms with Gasteiger partial charge in [-0.05, 0) is 30.3 Å². The van der Waals surface area contributed by atoms with Crippen molar-refractivity contribution in [3.8, 4) is 0 Å². The van der Waals surface area contributed by atoms with Crippen LogP contribution in [0.2, 0.25) is 0 Å². The minimum absolute atomic E-state index is 0.1000. The molecule has 0 heterocycles. The van der Waals surface area contributed by atoms with E-state index in [4.69, 9.17) is 18.0 Å². The number of hydrogen-bond acceptors (Lipinski definition) is 2. The van der Waals surface area contributed by atoms with Gasteiger partial charge in [-0.25, -0.2) is 13.2 Å². The molecule has 0 aliphatic rings. The Kier molecular flexibility index (Phi) is 4.29. The van der Waals surface area contributed by atoms with Crippen molar-refractivity contribution in [3.63, 3.8) is 0 Å². The normalized spacial score (nSPS) is 10.4. The Balaban J connectivity index is 2.47. The van der Waals surface area contributed by atoms with E-state index in [9.17, 15) is 13.2 Å². The van der Waals surface area contributed by atoms with Crippen LogP contribution in [-0.2, 0) is 0 Å². The van der Waals surface area contributed by atoms with Gasteiger partial charge in [-0.3, -0.25) is 0 Å². The summed E-state index contributed by atoms with van der Waals surface area (Å²) in [4.78, 5) is 0.1000. The highest BCUT2D eigenvalue weighted by molar-refractivity contribution is 9.10. The van der Waals surface area contributed by atoms with Crippen molar-refractivity contribution in [2.24, 2.45) is 5.73 Å². The van der Waals surface area contributed by atoms with Gasteiger partial charge in [-0.15, -0.1) is 0 Å². The van der Waals surface area contributed by atoms with Crippen molar-refractivity contribution < 1.29 is 13.2 Å². The molecule has 0 saturated heterocycles. The molecule has 0 saturated carbocycles. The standard InChI is InChI=1S/C13H8BrF3N2S/c14-6-1-2-7(13(18)20)10(5-6)19-9-4-3-8(15)11(16)12(9)17/h1-5,19H,(H2,18,20). The summed E-state index contributed by atoms with van der Waals surface area (Å²) in [7, 11) is 0. The summed E-state index contributed by atoms with van der Waals surface area (Å²) in [5.41, 5.74) is 6.20. The molecular formula is C13H8BrF3N2S. The molecule has 0 aliphatic heterocycles. The Morgan fingerprint density at radius 2 is 1.75 bits per heavy atom. The number of thiocarbonyl (C=S) groups is 1. The molecule has 104 valence electrons. The quantitative estimate of drug-likeness (QED) is 0.634. The van der Waals surface area contributed by atoms with Crippen molar-refractivity contribution in [1.29, 1.82) is 0 Å². The minimum atomic E-state index is -1.54. The van der Waals surface area contributed by atoms with Crippen LogP contribution in [0.15, 0.2) is 34.8 Å². The molecule has 0 aliphatic carbocycles. The van der Waals surface area contributed by atoms with E-state index < -0.39 is 17.5 Å². The van der Waals surface area contributed by atoms with Crippen LogP contribution in [0.4, 0.5) is 24.5 Å². The Bertz CT molecular complexity index is 692. The van der Waals surface area contributed by atoms with E-state index in [2.05, 4.69) is 21.2 Å². The molecular weight excluding hydrogens is 353 g/mol. The fraction of sp³-hybridized carbons (Fsp3) is 0. The van der Waals surface area contributed by atoms with E-state index in [1.807, 2.05) is 0 Å². The average molecular weight is 361 g/mol. The maximum absolute atomic E-state index is 13.6. The predicted octanol–water partition coefficient (Wildman–Crippen LogP) is 4.24. The van der Waals surface area contributed by atoms with Gasteiger partial charge in [-0.2, -0.15) is 0 Å². The first-order valence-electron chi connectivity index (χ1n) is 5.40. The van der Waals surface area contributed by atoms with E-state index in [1.54, 1.807) is 18.2 Å². The smallest absolute Gasteiger partial charge is 0.196 e. The highest BCUT2D eigenvalue weighted by atomic mass is 79.9. The zero-order valence-corrected chi connectivity index (χ0v) is 12.3. The van der Waals surface area contributed by atoms with Crippen molar-refractivity contribution in [1.82, 2.24) is 0 Å². The Labute approximate surface area is 126 Å². The largest absolute Gasteiger partial charge is 0.389 e. The summed E-state index contributed by atoms with van der Waals surface area (Å²) in [6.07, 6.45) is 0. The zero-order chi connectivity index (χ0) is 14.9. The van der Waals surface area contributed by atoms with Gasteiger partial charge < -0.3 is 11.1 Å². The van der Waals surface area contributed by atoms with Gasteiger partial charge in [0.05, 0.1) is 5.69 Å². The van der Waals surface area contributed by atoms with Gasteiger partial charge in [0.25, 0.3) is 0 Å². The third-order valence-corrected chi connectivity index (χ3v) is 3.26. The van der Waals surface area contributed by atoms with E-state index in [1.165, 1.54) is 0 Å². The number of halogens is 4. The van der Waals surface area contributed by atoms with Crippen molar-refractivity contribution in [2.75, 3.05) is 5.32 Å². The van der Waals surface area contributed by atoms with Crippen LogP contribution in [0, 0.1) is 17.5 Å². The second-order valence-corrected chi connectivity index (χ2v) is 5.26. The number of rotatable bonds is 3. The summed E-state index contributed by atoms with van der Waals surface area (Å²) < 4.78 is 40.4. The van der Waals surface area contributed by atoms with Gasteiger partial charge >= 0.3 is 0 Å². The average Bonchev–Trinajstić information content (AvgIpc) is 2.39. The summed E-state index contributed by atoms with van der Waals surface area (Å²) in [6, 6.07) is 6.88. The lowest BCUT2D eigenvalue weighted by Gasteiger charge is -2.13. The van der Waals surface area contributed by atoms with Crippen molar-refractivity contribution in [2.45, 2.75) is 0 Å². The fourth-order valence-corrected chi connectivity index (χ4v) is 2.14. The highest BCUT2D eigenvalue weighted by Gasteiger charge is 2.15. The number of anilines is 2. The molecule has 0 spiro atoms. The monoisotopic (exact) mass is 360 g/mol. The van der Waals surface area contributed by atoms with Gasteiger partial charge in [0, 0.05) is 15.7 Å². The Morgan fingerprint density at radius 3 is 2.40 bits per heavy atom. The number of nitrogens with two attached hydrogens (primary N) is 1. The number of benzene rings is 2. The third kappa shape index (κ3) is 2.94. The second-order valence-electron chi connectivity index (χ2n) is 3.90. The van der Waals surface area contributed by atoms with Crippen LogP contribution in [0.25, 0.3) is 0 Å². The maximum atomic E-state index is 13.6. The highest BCUT2D eigenvalue weighted by Crippen LogP contribution is 2.28. The molecule has 2 nitrogen and oxygen atoms in total. The lowest BCUT2D eigenvalue weighted by molar-refractivity contribution is 0.449. The molecule has 0 amide bonds. The molecule has 0 fully saturated rings. The molecule has 0 radical (unpaired) electrons. The van der Waals surface area contributed by atoms with E-state index in [-0.39, 0.29) is 10.7 Å². The van der Waals surface area contributed by atoms with E-state index in [0.29, 0.717) is 15.7 Å². The first kappa shape index (κ1) is 14.8. The van der Waals surface area contributed by atoms with Crippen LogP contribution >= 0.6 is 28.1 Å². The molecule has 2 rings (SSSR count). The molecule has 0 bridgehead atoms. The Hall–Kier alpha value is -1.60. The van der Waals surface area contributed by atoms with Gasteiger partial charge in [-0.1, -0.05) is 28.1 Å². The second kappa shape index (κ2) is 5.80. The summed E-state index contributed by atoms with van der Waals surface area (Å²) >= 11 is 8.13. The van der Waals surface area contributed by atoms with Crippen LogP contribution < -0.4 is 11.1 Å². The molecule has 7 heteroatoms. The van der Waals surface area contributed by atoms with Crippen molar-refractivity contribution in [3.05, 3.63) is 57.8 Å². The molecule has 0 unspecified atom stereocenters. The molecule has 2 aromatic carbocycles. The number of nitrogens with one attached hydrogen (secondary N) is 1. The summed E-state index contributed by atoms with van der Waals surface area (Å²) in [6.45, 7) is 0. The van der Waals surface area contributed by atoms with Crippen molar-refractivity contribution >= 4 is 44.5 Å². The minimum Gasteiger partial charge on any atom is -0.389 e. The van der Waals surface area contributed by atoms with Crippen LogP contribution in [0.3, 0.4) is 0 Å². The summed E-state index contributed by atoms with van der Waals surface area (Å²) in [5, 5.41) is 2.65. The molecule has 2 aromatic rings. The topological polar surface area (TPSA) is 38.0 Å². The van der Waals surface area contributed by atoms with Gasteiger partial charge in [0.1, 0.15) is 4.99 Å². The fourth-order valence-electron chi connectivity index (χ4n) is 1.60. The lowest BCUT2D eigenvalue weighted by atomic mass is 10.1. The summed E-state index contributed by atoms with van der Waals surface area (Å²) in [5.74, 6) is -4.10. The van der Waals surface area contributed by atoms with Gasteiger partial charge in [0.15, 0.2) is 17.5 Å². The van der Waals surface area contributed by atoms with E-state index >= 15 is 0 Å². The molecule has 0 atom stereocenters. The van der Waals surface area contributed by atoms with Gasteiger partial charge in [0.2, 0.25) is 0 Å². The van der Waals surface area contributed by atoms with Crippen LogP contribution in [0.1, 0.15) is 5.56 Å². The molecule has 20 heavy (non-hydrogen) atoms. The molecule has 3 N–H and O–H groups in total. The SMILES string of the molecule is NC(=S)c1ccc(Br)cc1Nc1ccc(F)c(F)c1F. The first-order valence-corrected chi connectivity index (χ1v) is 6.60. The predicted molar refractivity (Wildman–Crippen MR) is 79.6 cm³/mol. The third-order valence-electron chi connectivity index (χ3n) is 2.55. The van der Waals surface area contributed by atoms with Crippen LogP contribution in [0.5, 0.6) is 0 Å². The first-order chi connectivity index (χ1) is 9.40. The lowest BCUT2D eigenvalue weighted by Crippen LogP contribution is -2.12. The number of hydrogen-bond donors (Lipinski definition) is 2. The van der Waals surface area contributed by atoms with E-state index in [0.717, 1.165) is 12.1 Å². The zero-order valence-electron chi connectivity index (χ0n) is 9.88. The Morgan fingerprint density at radius 1 is 1.05 bits per heavy atom. The molecule has 0 aromatic heterocycles. The van der Waals surface area contributed by atoms with Crippen LogP contribution in [-0.4, -0.2) is 4.99 Å².